The van der Waals surface area contributed by atoms with Crippen molar-refractivity contribution in [1.29, 1.82) is 0 Å². The molecule has 1 atom stereocenters. The molecule has 156 valence electrons. The van der Waals surface area contributed by atoms with Crippen LogP contribution in [0.3, 0.4) is 0 Å². The number of likely N-dealkylation sites (tertiary alicyclic amines) is 1. The number of nitrogens with one attached hydrogen (secondary N) is 1. The van der Waals surface area contributed by atoms with Gasteiger partial charge >= 0.3 is 5.97 Å². The molecule has 10 heteroatoms. The normalized spacial score (nSPS) is 16.5. The van der Waals surface area contributed by atoms with Crippen LogP contribution in [0.4, 0.5) is 0 Å². The first-order chi connectivity index (χ1) is 13.2. The van der Waals surface area contributed by atoms with Gasteiger partial charge < -0.3 is 14.4 Å². The zero-order valence-corrected chi connectivity index (χ0v) is 17.7. The lowest BCUT2D eigenvalue weighted by molar-refractivity contribution is -0.151. The molecule has 1 heterocycles. The molecule has 1 amide bonds. The molecule has 1 fully saturated rings. The topological polar surface area (TPSA) is 102 Å². The Morgan fingerprint density at radius 2 is 1.96 bits per heavy atom. The molecule has 1 aliphatic rings. The molecule has 1 aromatic rings. The number of rotatable bonds is 7. The highest BCUT2D eigenvalue weighted by Crippen LogP contribution is 2.27. The average Bonchev–Trinajstić information content (AvgIpc) is 2.67. The van der Waals surface area contributed by atoms with E-state index in [1.165, 1.54) is 32.2 Å². The number of benzene rings is 1. The maximum atomic E-state index is 12.7. The molecule has 2 rings (SSSR count). The number of sulfonamides is 1. The van der Waals surface area contributed by atoms with E-state index in [2.05, 4.69) is 4.72 Å². The monoisotopic (exact) mass is 432 g/mol. The fraction of sp³-hybridized carbons (Fsp3) is 0.556. The summed E-state index contributed by atoms with van der Waals surface area (Å²) in [6, 6.07) is 3.25. The molecule has 0 bridgehead atoms. The first-order valence-electron chi connectivity index (χ1n) is 9.01. The highest BCUT2D eigenvalue weighted by atomic mass is 35.5. The Morgan fingerprint density at radius 1 is 1.32 bits per heavy atom. The summed E-state index contributed by atoms with van der Waals surface area (Å²) in [5.74, 6) is -0.707. The van der Waals surface area contributed by atoms with Gasteiger partial charge in [-0.3, -0.25) is 9.59 Å². The van der Waals surface area contributed by atoms with Crippen molar-refractivity contribution in [3.63, 3.8) is 0 Å². The minimum absolute atomic E-state index is 0.131. The number of amides is 1. The summed E-state index contributed by atoms with van der Waals surface area (Å²) in [5.41, 5.74) is 0. The number of carbonyl (C=O) groups is 2. The van der Waals surface area contributed by atoms with Crippen LogP contribution in [0.2, 0.25) is 5.02 Å². The molecule has 0 radical (unpaired) electrons. The zero-order chi connectivity index (χ0) is 20.9. The Hall–Kier alpha value is -1.84. The van der Waals surface area contributed by atoms with Crippen LogP contribution in [0.15, 0.2) is 23.1 Å². The summed E-state index contributed by atoms with van der Waals surface area (Å²) in [7, 11) is -2.67. The van der Waals surface area contributed by atoms with Crippen molar-refractivity contribution in [2.75, 3.05) is 26.8 Å². The van der Waals surface area contributed by atoms with Gasteiger partial charge in [0.25, 0.3) is 0 Å². The van der Waals surface area contributed by atoms with E-state index in [9.17, 15) is 18.0 Å². The molecule has 1 saturated heterocycles. The van der Waals surface area contributed by atoms with E-state index in [0.717, 1.165) is 0 Å². The van der Waals surface area contributed by atoms with Crippen LogP contribution in [0, 0.1) is 5.92 Å². The van der Waals surface area contributed by atoms with Crippen LogP contribution in [-0.4, -0.2) is 58.0 Å². The number of esters is 1. The van der Waals surface area contributed by atoms with E-state index < -0.39 is 16.1 Å². The number of carbonyl (C=O) groups excluding carboxylic acids is 2. The SMILES string of the molecule is CCOC(=O)C1CCN(C(=O)[C@@H](C)NS(=O)(=O)c2cc(Cl)ccc2OC)CC1. The number of methoxy groups -OCH3 is 1. The summed E-state index contributed by atoms with van der Waals surface area (Å²) < 4.78 is 37.9. The van der Waals surface area contributed by atoms with Crippen molar-refractivity contribution in [2.45, 2.75) is 37.6 Å². The number of nitrogens with zero attached hydrogens (tertiary/aromatic N) is 1. The Bertz CT molecular complexity index is 821. The fourth-order valence-electron chi connectivity index (χ4n) is 3.08. The summed E-state index contributed by atoms with van der Waals surface area (Å²) in [4.78, 5) is 25.9. The van der Waals surface area contributed by atoms with Crippen LogP contribution in [-0.2, 0) is 24.3 Å². The molecule has 1 aliphatic heterocycles. The number of halogens is 1. The number of piperidine rings is 1. The van der Waals surface area contributed by atoms with Gasteiger partial charge in [-0.05, 0) is 44.9 Å². The molecule has 0 aromatic heterocycles. The highest BCUT2D eigenvalue weighted by molar-refractivity contribution is 7.89. The Balaban J connectivity index is 2.03. The molecule has 0 aliphatic carbocycles. The van der Waals surface area contributed by atoms with Gasteiger partial charge in [0.15, 0.2) is 0 Å². The Kier molecular flexibility index (Phi) is 7.68. The molecule has 1 N–H and O–H groups in total. The smallest absolute Gasteiger partial charge is 0.309 e. The van der Waals surface area contributed by atoms with Gasteiger partial charge in [-0.2, -0.15) is 4.72 Å². The molecule has 8 nitrogen and oxygen atoms in total. The van der Waals surface area contributed by atoms with Gasteiger partial charge in [0, 0.05) is 18.1 Å². The standard InChI is InChI=1S/C18H25ClN2O6S/c1-4-27-18(23)13-7-9-21(10-8-13)17(22)12(2)20-28(24,25)16-11-14(19)5-6-15(16)26-3/h5-6,11-13,20H,4,7-10H2,1-3H3/t12-/m1/s1. The van der Waals surface area contributed by atoms with Crippen molar-refractivity contribution in [2.24, 2.45) is 5.92 Å². The van der Waals surface area contributed by atoms with Crippen LogP contribution < -0.4 is 9.46 Å². The lowest BCUT2D eigenvalue weighted by Gasteiger charge is -2.32. The number of hydrogen-bond donors (Lipinski definition) is 1. The summed E-state index contributed by atoms with van der Waals surface area (Å²) >= 11 is 5.90. The zero-order valence-electron chi connectivity index (χ0n) is 16.1. The lowest BCUT2D eigenvalue weighted by Crippen LogP contribution is -2.49. The van der Waals surface area contributed by atoms with E-state index in [-0.39, 0.29) is 33.5 Å². The molecule has 0 saturated carbocycles. The maximum Gasteiger partial charge on any atom is 0.309 e. The molecular weight excluding hydrogens is 408 g/mol. The maximum absolute atomic E-state index is 12.7. The first-order valence-corrected chi connectivity index (χ1v) is 10.9. The van der Waals surface area contributed by atoms with Crippen LogP contribution in [0.5, 0.6) is 5.75 Å². The number of ether oxygens (including phenoxy) is 2. The third kappa shape index (κ3) is 5.36. The Morgan fingerprint density at radius 3 is 2.54 bits per heavy atom. The van der Waals surface area contributed by atoms with Crippen molar-refractivity contribution in [3.8, 4) is 5.75 Å². The second-order valence-corrected chi connectivity index (χ2v) is 8.61. The molecular formula is C18H25ClN2O6S. The predicted octanol–water partition coefficient (Wildman–Crippen LogP) is 1.82. The van der Waals surface area contributed by atoms with E-state index in [1.54, 1.807) is 11.8 Å². The average molecular weight is 433 g/mol. The minimum atomic E-state index is -4.02. The first kappa shape index (κ1) is 22.4. The van der Waals surface area contributed by atoms with Crippen molar-refractivity contribution in [3.05, 3.63) is 23.2 Å². The molecule has 28 heavy (non-hydrogen) atoms. The van der Waals surface area contributed by atoms with Gasteiger partial charge in [-0.1, -0.05) is 11.6 Å². The summed E-state index contributed by atoms with van der Waals surface area (Å²) in [5, 5.41) is 0.237. The van der Waals surface area contributed by atoms with E-state index in [1.807, 2.05) is 0 Å². The fourth-order valence-corrected chi connectivity index (χ4v) is 4.71. The van der Waals surface area contributed by atoms with Crippen LogP contribution in [0.25, 0.3) is 0 Å². The van der Waals surface area contributed by atoms with Crippen LogP contribution in [0.1, 0.15) is 26.7 Å². The third-order valence-electron chi connectivity index (χ3n) is 4.54. The number of hydrogen-bond acceptors (Lipinski definition) is 6. The van der Waals surface area contributed by atoms with Crippen molar-refractivity contribution in [1.82, 2.24) is 9.62 Å². The van der Waals surface area contributed by atoms with Crippen LogP contribution >= 0.6 is 11.6 Å². The Labute approximate surface area is 170 Å². The largest absolute Gasteiger partial charge is 0.495 e. The second-order valence-electron chi connectivity index (χ2n) is 6.49. The molecule has 0 unspecified atom stereocenters. The van der Waals surface area contributed by atoms with E-state index in [4.69, 9.17) is 21.1 Å². The summed E-state index contributed by atoms with van der Waals surface area (Å²) in [6.07, 6.45) is 0.984. The van der Waals surface area contributed by atoms with Gasteiger partial charge in [-0.15, -0.1) is 0 Å². The second kappa shape index (κ2) is 9.58. The van der Waals surface area contributed by atoms with Gasteiger partial charge in [0.1, 0.15) is 10.6 Å². The lowest BCUT2D eigenvalue weighted by atomic mass is 9.96. The third-order valence-corrected chi connectivity index (χ3v) is 6.34. The van der Waals surface area contributed by atoms with E-state index in [0.29, 0.717) is 32.5 Å². The minimum Gasteiger partial charge on any atom is -0.495 e. The van der Waals surface area contributed by atoms with Crippen molar-refractivity contribution < 1.29 is 27.5 Å². The van der Waals surface area contributed by atoms with Crippen molar-refractivity contribution >= 4 is 33.5 Å². The van der Waals surface area contributed by atoms with E-state index >= 15 is 0 Å². The predicted molar refractivity (Wildman–Crippen MR) is 104 cm³/mol. The molecule has 1 aromatic carbocycles. The molecule has 0 spiro atoms. The van der Waals surface area contributed by atoms with Gasteiger partial charge in [0.05, 0.1) is 25.7 Å². The van der Waals surface area contributed by atoms with Gasteiger partial charge in [-0.25, -0.2) is 8.42 Å². The van der Waals surface area contributed by atoms with Gasteiger partial charge in [0.2, 0.25) is 15.9 Å². The summed E-state index contributed by atoms with van der Waals surface area (Å²) in [6.45, 7) is 4.29. The highest BCUT2D eigenvalue weighted by Gasteiger charge is 2.32. The quantitative estimate of drug-likeness (QED) is 0.659.